The fourth-order valence-corrected chi connectivity index (χ4v) is 3.01. The molecule has 0 aliphatic carbocycles. The maximum atomic E-state index is 13.0. The van der Waals surface area contributed by atoms with Crippen LogP contribution in [0.25, 0.3) is 0 Å². The Hall–Kier alpha value is -1.20. The summed E-state index contributed by atoms with van der Waals surface area (Å²) in [6.45, 7) is 0. The lowest BCUT2D eigenvalue weighted by molar-refractivity contribution is -0.116. The van der Waals surface area contributed by atoms with Crippen molar-refractivity contribution >= 4 is 33.5 Å². The van der Waals surface area contributed by atoms with Gasteiger partial charge in [-0.1, -0.05) is 28.1 Å². The van der Waals surface area contributed by atoms with Gasteiger partial charge >= 0.3 is 0 Å². The second-order valence-electron chi connectivity index (χ2n) is 4.21. The minimum Gasteiger partial charge on any atom is -0.298 e. The number of carbonyl (C=O) groups excluding carboxylic acids is 1. The second-order valence-corrected chi connectivity index (χ2v) is 6.17. The average molecular weight is 357 g/mol. The van der Waals surface area contributed by atoms with Crippen molar-refractivity contribution in [3.63, 3.8) is 0 Å². The zero-order valence-electron chi connectivity index (χ0n) is 10.4. The van der Waals surface area contributed by atoms with E-state index in [0.29, 0.717) is 11.3 Å². The van der Waals surface area contributed by atoms with Gasteiger partial charge < -0.3 is 0 Å². The molecule has 0 heterocycles. The van der Waals surface area contributed by atoms with E-state index in [2.05, 4.69) is 15.9 Å². The molecule has 2 aromatic rings. The molecule has 0 aliphatic heterocycles. The minimum absolute atomic E-state index is 0.0269. The van der Waals surface area contributed by atoms with Crippen LogP contribution in [0.3, 0.4) is 0 Å². The summed E-state index contributed by atoms with van der Waals surface area (Å²) in [5, 5.41) is 0. The predicted molar refractivity (Wildman–Crippen MR) is 79.9 cm³/mol. The van der Waals surface area contributed by atoms with Crippen molar-refractivity contribution in [3.8, 4) is 0 Å². The Labute approximate surface area is 128 Å². The van der Waals surface area contributed by atoms with Gasteiger partial charge in [-0.3, -0.25) is 4.79 Å². The summed E-state index contributed by atoms with van der Waals surface area (Å²) in [6.07, 6.45) is 0.109. The molecule has 104 valence electrons. The summed E-state index contributed by atoms with van der Waals surface area (Å²) in [6, 6.07) is 11.2. The molecular formula is C15H11BrF2OS. The van der Waals surface area contributed by atoms with Crippen molar-refractivity contribution in [1.29, 1.82) is 0 Å². The van der Waals surface area contributed by atoms with Gasteiger partial charge in [0.2, 0.25) is 0 Å². The smallest absolute Gasteiger partial charge is 0.159 e. The van der Waals surface area contributed by atoms with Crippen molar-refractivity contribution in [2.24, 2.45) is 0 Å². The van der Waals surface area contributed by atoms with E-state index in [1.807, 2.05) is 24.3 Å². The first-order valence-corrected chi connectivity index (χ1v) is 7.66. The molecule has 0 spiro atoms. The van der Waals surface area contributed by atoms with Gasteiger partial charge in [-0.25, -0.2) is 8.78 Å². The van der Waals surface area contributed by atoms with E-state index in [4.69, 9.17) is 0 Å². The molecular weight excluding hydrogens is 346 g/mol. The van der Waals surface area contributed by atoms with Gasteiger partial charge in [0.05, 0.1) is 5.75 Å². The van der Waals surface area contributed by atoms with Gasteiger partial charge in [-0.15, -0.1) is 11.8 Å². The molecule has 0 saturated carbocycles. The summed E-state index contributed by atoms with van der Waals surface area (Å²) in [7, 11) is 0. The number of hydrogen-bond acceptors (Lipinski definition) is 2. The predicted octanol–water partition coefficient (Wildman–Crippen LogP) is 4.63. The van der Waals surface area contributed by atoms with Crippen LogP contribution >= 0.6 is 27.7 Å². The van der Waals surface area contributed by atoms with Crippen LogP contribution in [0.15, 0.2) is 51.8 Å². The van der Waals surface area contributed by atoms with Gasteiger partial charge in [0.25, 0.3) is 0 Å². The molecule has 2 rings (SSSR count). The summed E-state index contributed by atoms with van der Waals surface area (Å²) in [5.74, 6) is -1.55. The fourth-order valence-electron chi connectivity index (χ4n) is 1.65. The molecule has 1 nitrogen and oxygen atoms in total. The van der Waals surface area contributed by atoms with Crippen LogP contribution in [0.2, 0.25) is 0 Å². The van der Waals surface area contributed by atoms with E-state index in [9.17, 15) is 13.6 Å². The quantitative estimate of drug-likeness (QED) is 0.726. The largest absolute Gasteiger partial charge is 0.298 e. The lowest BCUT2D eigenvalue weighted by Crippen LogP contribution is -2.06. The Morgan fingerprint density at radius 1 is 1.10 bits per heavy atom. The topological polar surface area (TPSA) is 17.1 Å². The number of ketones is 1. The number of benzene rings is 2. The van der Waals surface area contributed by atoms with E-state index < -0.39 is 11.6 Å². The third-order valence-corrected chi connectivity index (χ3v) is 4.13. The zero-order valence-corrected chi connectivity index (χ0v) is 12.8. The molecule has 0 fully saturated rings. The van der Waals surface area contributed by atoms with Crippen molar-refractivity contribution < 1.29 is 13.6 Å². The first-order valence-electron chi connectivity index (χ1n) is 5.88. The highest BCUT2D eigenvalue weighted by atomic mass is 79.9. The third-order valence-electron chi connectivity index (χ3n) is 2.58. The summed E-state index contributed by atoms with van der Waals surface area (Å²) in [4.78, 5) is 12.8. The van der Waals surface area contributed by atoms with Gasteiger partial charge in [-0.2, -0.15) is 0 Å². The van der Waals surface area contributed by atoms with Crippen LogP contribution in [0.4, 0.5) is 8.78 Å². The molecule has 0 bridgehead atoms. The molecule has 0 N–H and O–H groups in total. The van der Waals surface area contributed by atoms with Gasteiger partial charge in [0, 0.05) is 15.8 Å². The summed E-state index contributed by atoms with van der Waals surface area (Å²) in [5.41, 5.74) is 0.490. The molecule has 0 unspecified atom stereocenters. The molecule has 2 aromatic carbocycles. The molecule has 0 aliphatic rings. The van der Waals surface area contributed by atoms with E-state index in [1.54, 1.807) is 0 Å². The normalized spacial score (nSPS) is 10.6. The van der Waals surface area contributed by atoms with E-state index in [1.165, 1.54) is 17.8 Å². The van der Waals surface area contributed by atoms with Crippen molar-refractivity contribution in [3.05, 3.63) is 64.1 Å². The Morgan fingerprint density at radius 2 is 1.90 bits per heavy atom. The van der Waals surface area contributed by atoms with Crippen LogP contribution in [0.5, 0.6) is 0 Å². The lowest BCUT2D eigenvalue weighted by atomic mass is 10.1. The standard InChI is InChI=1S/C15H11BrF2OS/c16-11-2-1-3-13(8-11)20-9-12(19)6-10-4-5-14(17)15(18)7-10/h1-5,7-8H,6,9H2. The third kappa shape index (κ3) is 4.42. The number of Topliss-reactive ketones (excluding diaryl/α,β-unsaturated/α-hetero) is 1. The molecule has 0 saturated heterocycles. The maximum absolute atomic E-state index is 13.0. The SMILES string of the molecule is O=C(CSc1cccc(Br)c1)Cc1ccc(F)c(F)c1. The minimum atomic E-state index is -0.921. The summed E-state index contributed by atoms with van der Waals surface area (Å²) >= 11 is 4.78. The van der Waals surface area contributed by atoms with Gasteiger partial charge in [0.15, 0.2) is 11.6 Å². The second kappa shape index (κ2) is 6.99. The van der Waals surface area contributed by atoms with Crippen LogP contribution in [-0.2, 0) is 11.2 Å². The fraction of sp³-hybridized carbons (Fsp3) is 0.133. The molecule has 0 atom stereocenters. The first kappa shape index (κ1) is 15.2. The van der Waals surface area contributed by atoms with E-state index in [0.717, 1.165) is 21.5 Å². The van der Waals surface area contributed by atoms with Crippen molar-refractivity contribution in [1.82, 2.24) is 0 Å². The Bertz CT molecular complexity index is 631. The molecule has 20 heavy (non-hydrogen) atoms. The van der Waals surface area contributed by atoms with Gasteiger partial charge in [-0.05, 0) is 35.9 Å². The van der Waals surface area contributed by atoms with Crippen LogP contribution in [0, 0.1) is 11.6 Å². The Kier molecular flexibility index (Phi) is 5.31. The highest BCUT2D eigenvalue weighted by Gasteiger charge is 2.08. The zero-order chi connectivity index (χ0) is 14.5. The Balaban J connectivity index is 1.91. The monoisotopic (exact) mass is 356 g/mol. The lowest BCUT2D eigenvalue weighted by Gasteiger charge is -2.03. The van der Waals surface area contributed by atoms with E-state index >= 15 is 0 Å². The summed E-state index contributed by atoms with van der Waals surface area (Å²) < 4.78 is 26.8. The first-order chi connectivity index (χ1) is 9.54. The maximum Gasteiger partial charge on any atom is 0.159 e. The van der Waals surface area contributed by atoms with Gasteiger partial charge in [0.1, 0.15) is 5.78 Å². The van der Waals surface area contributed by atoms with Crippen LogP contribution in [-0.4, -0.2) is 11.5 Å². The van der Waals surface area contributed by atoms with Crippen molar-refractivity contribution in [2.45, 2.75) is 11.3 Å². The number of halogens is 3. The molecule has 0 aromatic heterocycles. The van der Waals surface area contributed by atoms with Crippen molar-refractivity contribution in [2.75, 3.05) is 5.75 Å². The van der Waals surface area contributed by atoms with E-state index in [-0.39, 0.29) is 12.2 Å². The molecule has 5 heteroatoms. The van der Waals surface area contributed by atoms with Crippen LogP contribution in [0.1, 0.15) is 5.56 Å². The highest BCUT2D eigenvalue weighted by molar-refractivity contribution is 9.10. The number of carbonyl (C=O) groups is 1. The van der Waals surface area contributed by atoms with Crippen LogP contribution < -0.4 is 0 Å². The Morgan fingerprint density at radius 3 is 2.60 bits per heavy atom. The highest BCUT2D eigenvalue weighted by Crippen LogP contribution is 2.22. The average Bonchev–Trinajstić information content (AvgIpc) is 2.41. The molecule has 0 amide bonds. The number of thioether (sulfide) groups is 1. The number of rotatable bonds is 5. The molecule has 0 radical (unpaired) electrons. The number of hydrogen-bond donors (Lipinski definition) is 0.